The van der Waals surface area contributed by atoms with Gasteiger partial charge in [-0.05, 0) is 35.4 Å². The summed E-state index contributed by atoms with van der Waals surface area (Å²) in [7, 11) is 0. The Labute approximate surface area is 150 Å². The summed E-state index contributed by atoms with van der Waals surface area (Å²) in [6.45, 7) is 1.95. The zero-order valence-corrected chi connectivity index (χ0v) is 14.3. The van der Waals surface area contributed by atoms with Gasteiger partial charge >= 0.3 is 0 Å². The lowest BCUT2D eigenvalue weighted by atomic mass is 10.0. The molecular weight excluding hydrogens is 324 g/mol. The summed E-state index contributed by atoms with van der Waals surface area (Å²) in [5.74, 6) is -0.210. The maximum Gasteiger partial charge on any atom is 0.255 e. The van der Waals surface area contributed by atoms with Crippen LogP contribution in [0.15, 0.2) is 77.7 Å². The van der Waals surface area contributed by atoms with Crippen molar-refractivity contribution in [2.24, 2.45) is 0 Å². The van der Waals surface area contributed by atoms with Crippen LogP contribution in [0.5, 0.6) is 0 Å². The van der Waals surface area contributed by atoms with Gasteiger partial charge in [-0.15, -0.1) is 0 Å². The number of amides is 1. The summed E-state index contributed by atoms with van der Waals surface area (Å²) in [6, 6.07) is 21.3. The molecule has 1 amide bonds. The lowest BCUT2D eigenvalue weighted by Crippen LogP contribution is -2.27. The van der Waals surface area contributed by atoms with Crippen molar-refractivity contribution in [3.63, 3.8) is 0 Å². The number of aromatic amines is 1. The topological polar surface area (TPSA) is 62.0 Å². The van der Waals surface area contributed by atoms with Gasteiger partial charge in [0.2, 0.25) is 0 Å². The standard InChI is InChI=1S/C22H18N2O2/c1-14(16-11-10-15-6-2-3-7-17(15)12-16)24-22(26)20-13-23-21(25)19-9-5-4-8-18(19)20/h2-14H,1H3,(H,23,25)(H,24,26)/t14-/m0/s1. The second-order valence-electron chi connectivity index (χ2n) is 6.38. The Balaban J connectivity index is 1.65. The van der Waals surface area contributed by atoms with Crippen LogP contribution in [-0.2, 0) is 0 Å². The molecule has 0 aliphatic heterocycles. The average molecular weight is 342 g/mol. The van der Waals surface area contributed by atoms with E-state index in [9.17, 15) is 9.59 Å². The molecule has 0 bridgehead atoms. The first-order valence-electron chi connectivity index (χ1n) is 8.53. The highest BCUT2D eigenvalue weighted by Crippen LogP contribution is 2.21. The van der Waals surface area contributed by atoms with Gasteiger partial charge in [-0.25, -0.2) is 0 Å². The van der Waals surface area contributed by atoms with Crippen molar-refractivity contribution < 1.29 is 4.79 Å². The van der Waals surface area contributed by atoms with E-state index >= 15 is 0 Å². The Morgan fingerprint density at radius 3 is 2.42 bits per heavy atom. The fourth-order valence-electron chi connectivity index (χ4n) is 3.23. The van der Waals surface area contributed by atoms with Crippen LogP contribution in [0.3, 0.4) is 0 Å². The van der Waals surface area contributed by atoms with Gasteiger partial charge in [0.1, 0.15) is 0 Å². The van der Waals surface area contributed by atoms with Gasteiger partial charge in [-0.3, -0.25) is 9.59 Å². The molecule has 1 atom stereocenters. The van der Waals surface area contributed by atoms with Crippen LogP contribution >= 0.6 is 0 Å². The molecule has 0 spiro atoms. The minimum Gasteiger partial charge on any atom is -0.345 e. The van der Waals surface area contributed by atoms with Crippen LogP contribution in [0.4, 0.5) is 0 Å². The third-order valence-electron chi connectivity index (χ3n) is 4.68. The maximum absolute atomic E-state index is 12.8. The largest absolute Gasteiger partial charge is 0.345 e. The first-order valence-corrected chi connectivity index (χ1v) is 8.53. The average Bonchev–Trinajstić information content (AvgIpc) is 2.68. The van der Waals surface area contributed by atoms with E-state index in [-0.39, 0.29) is 17.5 Å². The molecular formula is C22H18N2O2. The number of nitrogens with one attached hydrogen (secondary N) is 2. The fraction of sp³-hybridized carbons (Fsp3) is 0.0909. The van der Waals surface area contributed by atoms with Crippen LogP contribution in [0.2, 0.25) is 0 Å². The van der Waals surface area contributed by atoms with Crippen LogP contribution < -0.4 is 10.9 Å². The van der Waals surface area contributed by atoms with Gasteiger partial charge in [-0.2, -0.15) is 0 Å². The molecule has 26 heavy (non-hydrogen) atoms. The zero-order chi connectivity index (χ0) is 18.1. The molecule has 4 heteroatoms. The van der Waals surface area contributed by atoms with Crippen LogP contribution in [0, 0.1) is 0 Å². The minimum absolute atomic E-state index is 0.155. The van der Waals surface area contributed by atoms with Gasteiger partial charge in [0.25, 0.3) is 11.5 Å². The van der Waals surface area contributed by atoms with Gasteiger partial charge in [0.05, 0.1) is 11.6 Å². The molecule has 4 nitrogen and oxygen atoms in total. The molecule has 4 aromatic rings. The molecule has 1 aromatic heterocycles. The number of hydrogen-bond acceptors (Lipinski definition) is 2. The highest BCUT2D eigenvalue weighted by atomic mass is 16.2. The van der Waals surface area contributed by atoms with Gasteiger partial charge in [0.15, 0.2) is 0 Å². The van der Waals surface area contributed by atoms with Gasteiger partial charge in [-0.1, -0.05) is 54.6 Å². The van der Waals surface area contributed by atoms with Crippen molar-refractivity contribution in [1.29, 1.82) is 0 Å². The van der Waals surface area contributed by atoms with Crippen LogP contribution in [0.1, 0.15) is 28.9 Å². The molecule has 3 aromatic carbocycles. The van der Waals surface area contributed by atoms with Crippen molar-refractivity contribution in [3.8, 4) is 0 Å². The van der Waals surface area contributed by atoms with E-state index in [4.69, 9.17) is 0 Å². The van der Waals surface area contributed by atoms with Crippen molar-refractivity contribution >= 4 is 27.5 Å². The van der Waals surface area contributed by atoms with E-state index in [0.29, 0.717) is 16.3 Å². The van der Waals surface area contributed by atoms with E-state index in [1.54, 1.807) is 18.2 Å². The van der Waals surface area contributed by atoms with Crippen LogP contribution in [-0.4, -0.2) is 10.9 Å². The van der Waals surface area contributed by atoms with E-state index < -0.39 is 0 Å². The maximum atomic E-state index is 12.8. The lowest BCUT2D eigenvalue weighted by Gasteiger charge is -2.16. The second-order valence-corrected chi connectivity index (χ2v) is 6.38. The Morgan fingerprint density at radius 1 is 0.923 bits per heavy atom. The summed E-state index contributed by atoms with van der Waals surface area (Å²) in [5.41, 5.74) is 1.30. The van der Waals surface area contributed by atoms with Crippen molar-refractivity contribution in [1.82, 2.24) is 10.3 Å². The number of fused-ring (bicyclic) bond motifs is 2. The number of aromatic nitrogens is 1. The van der Waals surface area contributed by atoms with E-state index in [2.05, 4.69) is 34.6 Å². The molecule has 0 fully saturated rings. The van der Waals surface area contributed by atoms with Gasteiger partial charge in [0, 0.05) is 17.0 Å². The predicted octanol–water partition coefficient (Wildman–Crippen LogP) is 4.17. The molecule has 0 unspecified atom stereocenters. The molecule has 2 N–H and O–H groups in total. The van der Waals surface area contributed by atoms with E-state index in [0.717, 1.165) is 10.9 Å². The van der Waals surface area contributed by atoms with Gasteiger partial charge < -0.3 is 10.3 Å². The molecule has 0 aliphatic carbocycles. The van der Waals surface area contributed by atoms with E-state index in [1.165, 1.54) is 11.6 Å². The number of benzene rings is 3. The Hall–Kier alpha value is -3.40. The lowest BCUT2D eigenvalue weighted by molar-refractivity contribution is 0.0941. The monoisotopic (exact) mass is 342 g/mol. The highest BCUT2D eigenvalue weighted by molar-refractivity contribution is 6.06. The normalized spacial score (nSPS) is 12.2. The molecule has 0 saturated carbocycles. The second kappa shape index (κ2) is 6.48. The third-order valence-corrected chi connectivity index (χ3v) is 4.68. The zero-order valence-electron chi connectivity index (χ0n) is 14.3. The fourth-order valence-corrected chi connectivity index (χ4v) is 3.23. The molecule has 4 rings (SSSR count). The van der Waals surface area contributed by atoms with Crippen LogP contribution in [0.25, 0.3) is 21.5 Å². The molecule has 0 aliphatic rings. The number of H-pyrrole nitrogens is 1. The summed E-state index contributed by atoms with van der Waals surface area (Å²) < 4.78 is 0. The molecule has 0 radical (unpaired) electrons. The van der Waals surface area contributed by atoms with Crippen molar-refractivity contribution in [2.75, 3.05) is 0 Å². The predicted molar refractivity (Wildman–Crippen MR) is 104 cm³/mol. The smallest absolute Gasteiger partial charge is 0.255 e. The number of rotatable bonds is 3. The molecule has 0 saturated heterocycles. The number of carbonyl (C=O) groups excluding carboxylic acids is 1. The van der Waals surface area contributed by atoms with E-state index in [1.807, 2.05) is 31.2 Å². The Morgan fingerprint density at radius 2 is 1.62 bits per heavy atom. The van der Waals surface area contributed by atoms with Crippen molar-refractivity contribution in [3.05, 3.63) is 94.4 Å². The number of hydrogen-bond donors (Lipinski definition) is 2. The highest BCUT2D eigenvalue weighted by Gasteiger charge is 2.15. The first-order chi connectivity index (χ1) is 12.6. The summed E-state index contributed by atoms with van der Waals surface area (Å²) >= 11 is 0. The summed E-state index contributed by atoms with van der Waals surface area (Å²) in [4.78, 5) is 27.4. The quantitative estimate of drug-likeness (QED) is 0.587. The van der Waals surface area contributed by atoms with Crippen molar-refractivity contribution in [2.45, 2.75) is 13.0 Å². The Bertz CT molecular complexity index is 1180. The number of pyridine rings is 1. The SMILES string of the molecule is C[C@H](NC(=O)c1c[nH]c(=O)c2ccccc12)c1ccc2ccccc2c1. The summed E-state index contributed by atoms with van der Waals surface area (Å²) in [6.07, 6.45) is 1.48. The molecule has 1 heterocycles. The summed E-state index contributed by atoms with van der Waals surface area (Å²) in [5, 5.41) is 6.50. The number of carbonyl (C=O) groups is 1. The first kappa shape index (κ1) is 16.1. The third kappa shape index (κ3) is 2.86. The minimum atomic E-state index is -0.210. The molecule has 128 valence electrons. The Kier molecular flexibility index (Phi) is 4.01.